The molecule has 0 aromatic carbocycles. The van der Waals surface area contributed by atoms with Gasteiger partial charge in [-0.05, 0) is 31.7 Å². The minimum absolute atomic E-state index is 0.0278. The van der Waals surface area contributed by atoms with E-state index in [1.807, 2.05) is 17.2 Å². The molecule has 0 unspecified atom stereocenters. The molecule has 1 atom stereocenters. The Morgan fingerprint density at radius 1 is 1.50 bits per heavy atom. The highest BCUT2D eigenvalue weighted by molar-refractivity contribution is 7.09. The number of aryl methyl sites for hydroxylation is 2. The average Bonchev–Trinajstić information content (AvgIpc) is 3.29. The van der Waals surface area contributed by atoms with Crippen molar-refractivity contribution in [3.8, 4) is 0 Å². The van der Waals surface area contributed by atoms with Crippen LogP contribution in [-0.4, -0.2) is 57.5 Å². The summed E-state index contributed by atoms with van der Waals surface area (Å²) in [5.41, 5.74) is 1.44. The van der Waals surface area contributed by atoms with Crippen molar-refractivity contribution < 1.29 is 14.3 Å². The number of nitrogens with zero attached hydrogens (tertiary/aromatic N) is 4. The highest BCUT2D eigenvalue weighted by Crippen LogP contribution is 2.42. The van der Waals surface area contributed by atoms with Crippen LogP contribution in [-0.2, 0) is 23.1 Å². The van der Waals surface area contributed by atoms with Gasteiger partial charge in [-0.3, -0.25) is 9.48 Å². The van der Waals surface area contributed by atoms with Crippen LogP contribution in [0.15, 0.2) is 17.6 Å². The van der Waals surface area contributed by atoms with Gasteiger partial charge in [-0.2, -0.15) is 5.10 Å². The van der Waals surface area contributed by atoms with Gasteiger partial charge in [0.1, 0.15) is 11.3 Å². The van der Waals surface area contributed by atoms with Crippen molar-refractivity contribution in [3.05, 3.63) is 34.0 Å². The van der Waals surface area contributed by atoms with E-state index in [9.17, 15) is 4.79 Å². The fourth-order valence-electron chi connectivity index (χ4n) is 3.91. The second-order valence-electron chi connectivity index (χ2n) is 7.10. The molecular weight excluding hydrogens is 352 g/mol. The van der Waals surface area contributed by atoms with Gasteiger partial charge >= 0.3 is 0 Å². The maximum Gasteiger partial charge on any atom is 0.272 e. The molecule has 0 N–H and O–H groups in total. The fraction of sp³-hybridized carbons (Fsp3) is 0.611. The number of aromatic nitrogens is 3. The first-order chi connectivity index (χ1) is 12.6. The predicted octanol–water partition coefficient (Wildman–Crippen LogP) is 2.02. The Hall–Kier alpha value is -1.77. The van der Waals surface area contributed by atoms with Crippen LogP contribution in [0.5, 0.6) is 0 Å². The third-order valence-corrected chi connectivity index (χ3v) is 6.19. The Morgan fingerprint density at radius 2 is 2.35 bits per heavy atom. The minimum atomic E-state index is -0.186. The smallest absolute Gasteiger partial charge is 0.272 e. The van der Waals surface area contributed by atoms with E-state index in [0.29, 0.717) is 37.9 Å². The molecule has 26 heavy (non-hydrogen) atoms. The number of likely N-dealkylation sites (tertiary alicyclic amines) is 1. The van der Waals surface area contributed by atoms with Gasteiger partial charge in [0.05, 0.1) is 30.4 Å². The lowest BCUT2D eigenvalue weighted by Gasteiger charge is -2.50. The maximum absolute atomic E-state index is 12.6. The highest BCUT2D eigenvalue weighted by atomic mass is 32.1. The molecule has 2 saturated heterocycles. The van der Waals surface area contributed by atoms with Crippen LogP contribution in [0.25, 0.3) is 0 Å². The molecule has 0 saturated carbocycles. The molecular formula is C18H24N4O3S. The van der Waals surface area contributed by atoms with Crippen LogP contribution < -0.4 is 0 Å². The van der Waals surface area contributed by atoms with Crippen LogP contribution in [0.4, 0.5) is 0 Å². The van der Waals surface area contributed by atoms with E-state index < -0.39 is 0 Å². The third-order valence-electron chi connectivity index (χ3n) is 5.37. The summed E-state index contributed by atoms with van der Waals surface area (Å²) in [7, 11) is 1.79. The van der Waals surface area contributed by atoms with Crippen molar-refractivity contribution in [2.45, 2.75) is 32.0 Å². The summed E-state index contributed by atoms with van der Waals surface area (Å²) < 4.78 is 13.5. The fourth-order valence-corrected chi connectivity index (χ4v) is 4.51. The first-order valence-corrected chi connectivity index (χ1v) is 9.85. The molecule has 8 heteroatoms. The van der Waals surface area contributed by atoms with E-state index in [0.717, 1.165) is 30.2 Å². The van der Waals surface area contributed by atoms with Crippen molar-refractivity contribution in [2.24, 2.45) is 13.0 Å². The lowest BCUT2D eigenvalue weighted by Crippen LogP contribution is -2.66. The maximum atomic E-state index is 12.6. The summed E-state index contributed by atoms with van der Waals surface area (Å²) in [6, 6.07) is 1.76. The molecule has 140 valence electrons. The minimum Gasteiger partial charge on any atom is -0.375 e. The van der Waals surface area contributed by atoms with Crippen LogP contribution in [0.3, 0.4) is 0 Å². The molecule has 2 aromatic rings. The molecule has 0 aliphatic carbocycles. The number of hydrogen-bond donors (Lipinski definition) is 0. The number of carbonyl (C=O) groups is 1. The topological polar surface area (TPSA) is 69.5 Å². The molecule has 4 heterocycles. The number of thiazole rings is 1. The Labute approximate surface area is 156 Å². The SMILES string of the molecule is Cc1nc(COCC[C@@H]2CCOC23CN(C(=O)c2ccnn2C)C3)cs1. The van der Waals surface area contributed by atoms with E-state index in [1.54, 1.807) is 35.3 Å². The Morgan fingerprint density at radius 3 is 3.04 bits per heavy atom. The molecule has 2 aliphatic heterocycles. The van der Waals surface area contributed by atoms with Crippen LogP contribution in [0.2, 0.25) is 0 Å². The van der Waals surface area contributed by atoms with Gasteiger partial charge in [-0.1, -0.05) is 0 Å². The summed E-state index contributed by atoms with van der Waals surface area (Å²) in [5.74, 6) is 0.468. The molecule has 1 spiro atoms. The third kappa shape index (κ3) is 3.28. The summed E-state index contributed by atoms with van der Waals surface area (Å²) >= 11 is 1.65. The molecule has 2 aromatic heterocycles. The molecule has 2 fully saturated rings. The summed E-state index contributed by atoms with van der Waals surface area (Å²) in [5, 5.41) is 7.19. The largest absolute Gasteiger partial charge is 0.375 e. The van der Waals surface area contributed by atoms with Gasteiger partial charge < -0.3 is 14.4 Å². The van der Waals surface area contributed by atoms with Gasteiger partial charge in [0.25, 0.3) is 5.91 Å². The van der Waals surface area contributed by atoms with Crippen molar-refractivity contribution in [1.29, 1.82) is 0 Å². The van der Waals surface area contributed by atoms with Crippen LogP contribution >= 0.6 is 11.3 Å². The summed E-state index contributed by atoms with van der Waals surface area (Å²) in [4.78, 5) is 18.8. The first-order valence-electron chi connectivity index (χ1n) is 8.97. The van der Waals surface area contributed by atoms with Crippen molar-refractivity contribution in [1.82, 2.24) is 19.7 Å². The Kier molecular flexibility index (Phi) is 4.81. The second-order valence-corrected chi connectivity index (χ2v) is 8.16. The lowest BCUT2D eigenvalue weighted by atomic mass is 9.79. The van der Waals surface area contributed by atoms with E-state index in [1.165, 1.54) is 0 Å². The van der Waals surface area contributed by atoms with E-state index in [4.69, 9.17) is 9.47 Å². The predicted molar refractivity (Wildman–Crippen MR) is 97.0 cm³/mol. The van der Waals surface area contributed by atoms with E-state index in [2.05, 4.69) is 10.1 Å². The number of hydrogen-bond acceptors (Lipinski definition) is 6. The van der Waals surface area contributed by atoms with E-state index >= 15 is 0 Å². The van der Waals surface area contributed by atoms with Crippen molar-refractivity contribution >= 4 is 17.2 Å². The van der Waals surface area contributed by atoms with Crippen molar-refractivity contribution in [3.63, 3.8) is 0 Å². The quantitative estimate of drug-likeness (QED) is 0.722. The van der Waals surface area contributed by atoms with Crippen LogP contribution in [0, 0.1) is 12.8 Å². The van der Waals surface area contributed by atoms with Crippen molar-refractivity contribution in [2.75, 3.05) is 26.3 Å². The van der Waals surface area contributed by atoms with Gasteiger partial charge in [-0.15, -0.1) is 11.3 Å². The normalized spacial score (nSPS) is 21.3. The van der Waals surface area contributed by atoms with E-state index in [-0.39, 0.29) is 11.5 Å². The Bertz CT molecular complexity index is 781. The van der Waals surface area contributed by atoms with Gasteiger partial charge in [0, 0.05) is 31.8 Å². The molecule has 4 rings (SSSR count). The lowest BCUT2D eigenvalue weighted by molar-refractivity contribution is -0.121. The number of ether oxygens (including phenoxy) is 2. The molecule has 1 amide bonds. The number of carbonyl (C=O) groups excluding carboxylic acids is 1. The van der Waals surface area contributed by atoms with Crippen LogP contribution in [0.1, 0.15) is 34.0 Å². The standard InChI is InChI=1S/C18H24N4O3S/c1-13-20-15(10-26-13)9-24-7-4-14-5-8-25-18(14)11-22(12-18)17(23)16-3-6-19-21(16)2/h3,6,10,14H,4-5,7-9,11-12H2,1-2H3/t14-/m1/s1. The summed E-state index contributed by atoms with van der Waals surface area (Å²) in [6.07, 6.45) is 3.64. The molecule has 0 bridgehead atoms. The van der Waals surface area contributed by atoms with Gasteiger partial charge in [-0.25, -0.2) is 4.98 Å². The average molecular weight is 376 g/mol. The first kappa shape index (κ1) is 17.6. The zero-order valence-corrected chi connectivity index (χ0v) is 16.0. The zero-order chi connectivity index (χ0) is 18.1. The van der Waals surface area contributed by atoms with Gasteiger partial charge in [0.15, 0.2) is 0 Å². The number of amides is 1. The molecule has 7 nitrogen and oxygen atoms in total. The monoisotopic (exact) mass is 376 g/mol. The highest BCUT2D eigenvalue weighted by Gasteiger charge is 2.54. The Balaban J connectivity index is 1.26. The molecule has 0 radical (unpaired) electrons. The van der Waals surface area contributed by atoms with Gasteiger partial charge in [0.2, 0.25) is 0 Å². The summed E-state index contributed by atoms with van der Waals surface area (Å²) in [6.45, 7) is 5.35. The number of rotatable bonds is 6. The second kappa shape index (κ2) is 7.09. The molecule has 2 aliphatic rings. The zero-order valence-electron chi connectivity index (χ0n) is 15.2.